The molecule has 0 spiro atoms. The first kappa shape index (κ1) is 11.4. The molecule has 1 aliphatic carbocycles. The van der Waals surface area contributed by atoms with Crippen molar-refractivity contribution in [1.82, 2.24) is 4.90 Å². The zero-order valence-corrected chi connectivity index (χ0v) is 11.1. The fourth-order valence-corrected chi connectivity index (χ4v) is 4.29. The average Bonchev–Trinajstić information content (AvgIpc) is 2.11. The average molecular weight is 209 g/mol. The summed E-state index contributed by atoms with van der Waals surface area (Å²) in [4.78, 5) is 2.53. The van der Waals surface area contributed by atoms with Crippen LogP contribution < -0.4 is 0 Å². The zero-order chi connectivity index (χ0) is 11.3. The molecule has 2 rings (SSSR count). The number of fused-ring (bicyclic) bond motifs is 1. The second kappa shape index (κ2) is 3.48. The van der Waals surface area contributed by atoms with Gasteiger partial charge in [0.1, 0.15) is 0 Å². The summed E-state index contributed by atoms with van der Waals surface area (Å²) in [6.07, 6.45) is 4.27. The lowest BCUT2D eigenvalue weighted by molar-refractivity contribution is -0.0843. The first-order valence-electron chi connectivity index (χ1n) is 6.55. The van der Waals surface area contributed by atoms with Gasteiger partial charge in [-0.1, -0.05) is 27.7 Å². The summed E-state index contributed by atoms with van der Waals surface area (Å²) in [5.74, 6) is 1.84. The third-order valence-electron chi connectivity index (χ3n) is 5.59. The Morgan fingerprint density at radius 3 is 2.47 bits per heavy atom. The Morgan fingerprint density at radius 1 is 1.13 bits per heavy atom. The van der Waals surface area contributed by atoms with E-state index in [0.29, 0.717) is 10.8 Å². The van der Waals surface area contributed by atoms with E-state index in [4.69, 9.17) is 0 Å². The molecule has 0 aromatic carbocycles. The van der Waals surface area contributed by atoms with Crippen molar-refractivity contribution >= 4 is 0 Å². The van der Waals surface area contributed by atoms with E-state index in [0.717, 1.165) is 11.8 Å². The van der Waals surface area contributed by atoms with Crippen molar-refractivity contribution in [3.05, 3.63) is 0 Å². The van der Waals surface area contributed by atoms with Gasteiger partial charge < -0.3 is 4.90 Å². The maximum Gasteiger partial charge on any atom is 0.00351 e. The lowest BCUT2D eigenvalue weighted by atomic mass is 9.51. The molecule has 1 heteroatoms. The molecule has 1 saturated carbocycles. The lowest BCUT2D eigenvalue weighted by Gasteiger charge is -2.58. The Bertz CT molecular complexity index is 246. The van der Waals surface area contributed by atoms with Gasteiger partial charge in [-0.2, -0.15) is 0 Å². The highest BCUT2D eigenvalue weighted by Crippen LogP contribution is 2.56. The molecule has 0 aromatic rings. The van der Waals surface area contributed by atoms with Crippen molar-refractivity contribution < 1.29 is 0 Å². The summed E-state index contributed by atoms with van der Waals surface area (Å²) in [6.45, 7) is 12.6. The monoisotopic (exact) mass is 209 g/mol. The van der Waals surface area contributed by atoms with Crippen molar-refractivity contribution in [2.75, 3.05) is 20.1 Å². The van der Waals surface area contributed by atoms with Gasteiger partial charge in [0.05, 0.1) is 0 Å². The fourth-order valence-electron chi connectivity index (χ4n) is 4.29. The Balaban J connectivity index is 2.25. The molecule has 1 nitrogen and oxygen atoms in total. The first-order chi connectivity index (χ1) is 6.86. The van der Waals surface area contributed by atoms with Gasteiger partial charge in [-0.3, -0.25) is 0 Å². The van der Waals surface area contributed by atoms with Crippen molar-refractivity contribution in [3.8, 4) is 0 Å². The van der Waals surface area contributed by atoms with Crippen LogP contribution in [0.15, 0.2) is 0 Å². The quantitative estimate of drug-likeness (QED) is 0.591. The molecular formula is C14H27N. The minimum atomic E-state index is 0.550. The Labute approximate surface area is 95.2 Å². The molecule has 2 aliphatic rings. The first-order valence-corrected chi connectivity index (χ1v) is 6.55. The summed E-state index contributed by atoms with van der Waals surface area (Å²) in [6, 6.07) is 0. The molecule has 0 amide bonds. The van der Waals surface area contributed by atoms with Crippen LogP contribution in [0.3, 0.4) is 0 Å². The van der Waals surface area contributed by atoms with Gasteiger partial charge in [-0.15, -0.1) is 0 Å². The van der Waals surface area contributed by atoms with Crippen LogP contribution in [-0.2, 0) is 0 Å². The summed E-state index contributed by atoms with van der Waals surface area (Å²) in [5.41, 5.74) is 1.14. The molecule has 1 unspecified atom stereocenters. The van der Waals surface area contributed by atoms with Crippen LogP contribution in [0.25, 0.3) is 0 Å². The predicted molar refractivity (Wildman–Crippen MR) is 65.9 cm³/mol. The molecule has 3 atom stereocenters. The van der Waals surface area contributed by atoms with E-state index >= 15 is 0 Å². The Morgan fingerprint density at radius 2 is 1.80 bits per heavy atom. The van der Waals surface area contributed by atoms with Crippen molar-refractivity contribution in [2.45, 2.75) is 47.0 Å². The largest absolute Gasteiger partial charge is 0.306 e. The van der Waals surface area contributed by atoms with E-state index in [2.05, 4.69) is 39.6 Å². The van der Waals surface area contributed by atoms with Gasteiger partial charge in [-0.25, -0.2) is 0 Å². The topological polar surface area (TPSA) is 3.24 Å². The smallest absolute Gasteiger partial charge is 0.00351 e. The number of hydrogen-bond acceptors (Lipinski definition) is 1. The Hall–Kier alpha value is -0.0400. The van der Waals surface area contributed by atoms with Crippen molar-refractivity contribution in [3.63, 3.8) is 0 Å². The third kappa shape index (κ3) is 1.73. The molecule has 0 N–H and O–H groups in total. The summed E-state index contributed by atoms with van der Waals surface area (Å²) in [7, 11) is 2.28. The van der Waals surface area contributed by atoms with E-state index in [1.807, 2.05) is 0 Å². The van der Waals surface area contributed by atoms with Gasteiger partial charge >= 0.3 is 0 Å². The normalized spacial score (nSPS) is 46.2. The maximum absolute atomic E-state index is 2.53. The highest BCUT2D eigenvalue weighted by molar-refractivity contribution is 5.01. The number of likely N-dealkylation sites (tertiary alicyclic amines) is 1. The molecule has 88 valence electrons. The van der Waals surface area contributed by atoms with Crippen LogP contribution in [0.4, 0.5) is 0 Å². The molecule has 2 fully saturated rings. The standard InChI is InChI=1S/C14H27N/c1-11-6-8-14(4)10-15(5)9-7-12(14)13(11,2)3/h11-12H,6-10H2,1-5H3/t11-,12?,14-/m1/s1. The lowest BCUT2D eigenvalue weighted by Crippen LogP contribution is -2.55. The number of piperidine rings is 1. The molecule has 1 aliphatic heterocycles. The van der Waals surface area contributed by atoms with Gasteiger partial charge in [0.2, 0.25) is 0 Å². The predicted octanol–water partition coefficient (Wildman–Crippen LogP) is 3.40. The van der Waals surface area contributed by atoms with Crippen LogP contribution in [-0.4, -0.2) is 25.0 Å². The number of nitrogens with zero attached hydrogens (tertiary/aromatic N) is 1. The SMILES string of the molecule is C[C@@H]1CC[C@]2(C)CN(C)CCC2C1(C)C. The van der Waals surface area contributed by atoms with Gasteiger partial charge in [0.25, 0.3) is 0 Å². The van der Waals surface area contributed by atoms with Gasteiger partial charge in [-0.05, 0) is 55.5 Å². The van der Waals surface area contributed by atoms with Crippen LogP contribution in [0.1, 0.15) is 47.0 Å². The van der Waals surface area contributed by atoms with Crippen molar-refractivity contribution in [1.29, 1.82) is 0 Å². The molecule has 0 aromatic heterocycles. The van der Waals surface area contributed by atoms with E-state index in [-0.39, 0.29) is 0 Å². The Kier molecular flexibility index (Phi) is 2.65. The molecule has 0 bridgehead atoms. The van der Waals surface area contributed by atoms with Crippen LogP contribution in [0.2, 0.25) is 0 Å². The summed E-state index contributed by atoms with van der Waals surface area (Å²) >= 11 is 0. The highest BCUT2D eigenvalue weighted by Gasteiger charge is 2.51. The zero-order valence-electron chi connectivity index (χ0n) is 11.1. The van der Waals surface area contributed by atoms with E-state index in [9.17, 15) is 0 Å². The van der Waals surface area contributed by atoms with Gasteiger partial charge in [0, 0.05) is 6.54 Å². The third-order valence-corrected chi connectivity index (χ3v) is 5.59. The number of hydrogen-bond donors (Lipinski definition) is 0. The summed E-state index contributed by atoms with van der Waals surface area (Å²) < 4.78 is 0. The minimum Gasteiger partial charge on any atom is -0.306 e. The van der Waals surface area contributed by atoms with Gasteiger partial charge in [0.15, 0.2) is 0 Å². The van der Waals surface area contributed by atoms with Crippen LogP contribution >= 0.6 is 0 Å². The summed E-state index contributed by atoms with van der Waals surface area (Å²) in [5, 5.41) is 0. The second-order valence-electron chi connectivity index (χ2n) is 6.99. The maximum atomic E-state index is 2.53. The second-order valence-corrected chi connectivity index (χ2v) is 6.99. The van der Waals surface area contributed by atoms with E-state index in [1.54, 1.807) is 0 Å². The van der Waals surface area contributed by atoms with E-state index < -0.39 is 0 Å². The fraction of sp³-hybridized carbons (Fsp3) is 1.00. The number of rotatable bonds is 0. The van der Waals surface area contributed by atoms with Crippen LogP contribution in [0, 0.1) is 22.7 Å². The molecule has 1 heterocycles. The molecule has 15 heavy (non-hydrogen) atoms. The van der Waals surface area contributed by atoms with E-state index in [1.165, 1.54) is 32.4 Å². The minimum absolute atomic E-state index is 0.550. The van der Waals surface area contributed by atoms with Crippen LogP contribution in [0.5, 0.6) is 0 Å². The highest BCUT2D eigenvalue weighted by atomic mass is 15.1. The molecule has 0 radical (unpaired) electrons. The molecular weight excluding hydrogens is 182 g/mol. The van der Waals surface area contributed by atoms with Crippen molar-refractivity contribution in [2.24, 2.45) is 22.7 Å². The molecule has 1 saturated heterocycles.